The number of cyclic esters (lactones) is 1. The maximum absolute atomic E-state index is 13.0. The molecule has 10 nitrogen and oxygen atoms in total. The van der Waals surface area contributed by atoms with Gasteiger partial charge in [0.1, 0.15) is 24.7 Å². The van der Waals surface area contributed by atoms with Gasteiger partial charge in [0.25, 0.3) is 0 Å². The zero-order valence-electron chi connectivity index (χ0n) is 17.3. The summed E-state index contributed by atoms with van der Waals surface area (Å²) in [6.07, 6.45) is -0.431. The van der Waals surface area contributed by atoms with Crippen LogP contribution in [0.3, 0.4) is 0 Å². The molecule has 0 aromatic heterocycles. The lowest BCUT2D eigenvalue weighted by atomic mass is 10.1. The van der Waals surface area contributed by atoms with Gasteiger partial charge in [0.05, 0.1) is 6.42 Å². The first-order valence-electron chi connectivity index (χ1n) is 10.3. The highest BCUT2D eigenvalue weighted by Gasteiger charge is 2.38. The van der Waals surface area contributed by atoms with Crippen LogP contribution in [0.1, 0.15) is 38.2 Å². The molecule has 4 atom stereocenters. The summed E-state index contributed by atoms with van der Waals surface area (Å²) in [5.74, 6) is -1.49. The number of aliphatic hydroxyl groups is 1. The van der Waals surface area contributed by atoms with Gasteiger partial charge in [-0.15, -0.1) is 0 Å². The van der Waals surface area contributed by atoms with Crippen molar-refractivity contribution in [2.45, 2.75) is 63.6 Å². The highest BCUT2D eigenvalue weighted by Crippen LogP contribution is 2.17. The number of ether oxygens (including phenoxy) is 2. The Morgan fingerprint density at radius 2 is 1.97 bits per heavy atom. The summed E-state index contributed by atoms with van der Waals surface area (Å²) in [6.45, 7) is 2.00. The van der Waals surface area contributed by atoms with Gasteiger partial charge in [-0.05, 0) is 31.7 Å². The Kier molecular flexibility index (Phi) is 7.45. The normalized spacial score (nSPS) is 24.7. The van der Waals surface area contributed by atoms with Crippen molar-refractivity contribution in [2.75, 3.05) is 6.54 Å². The van der Waals surface area contributed by atoms with Gasteiger partial charge in [-0.25, -0.2) is 4.79 Å². The van der Waals surface area contributed by atoms with Gasteiger partial charge in [-0.3, -0.25) is 14.4 Å². The molecule has 1 unspecified atom stereocenters. The molecule has 10 heteroatoms. The van der Waals surface area contributed by atoms with Gasteiger partial charge in [-0.2, -0.15) is 0 Å². The monoisotopic (exact) mass is 433 g/mol. The Morgan fingerprint density at radius 3 is 2.65 bits per heavy atom. The molecule has 2 heterocycles. The molecule has 2 aliphatic rings. The summed E-state index contributed by atoms with van der Waals surface area (Å²) in [5.41, 5.74) is 0.827. The molecule has 0 bridgehead atoms. The second kappa shape index (κ2) is 10.3. The summed E-state index contributed by atoms with van der Waals surface area (Å²) in [4.78, 5) is 50.4. The van der Waals surface area contributed by atoms with Gasteiger partial charge < -0.3 is 30.1 Å². The number of aliphatic hydroxyl groups excluding tert-OH is 1. The second-order valence-electron chi connectivity index (χ2n) is 7.66. The first-order valence-corrected chi connectivity index (χ1v) is 10.3. The molecule has 0 saturated carbocycles. The van der Waals surface area contributed by atoms with E-state index in [1.54, 1.807) is 6.92 Å². The Hall–Kier alpha value is -3.14. The molecule has 3 N–H and O–H groups in total. The number of hydrogen-bond donors (Lipinski definition) is 3. The number of likely N-dealkylation sites (tertiary alicyclic amines) is 1. The Bertz CT molecular complexity index is 816. The number of rotatable bonds is 6. The van der Waals surface area contributed by atoms with Crippen molar-refractivity contribution in [3.8, 4) is 0 Å². The number of carbonyl (C=O) groups is 4. The van der Waals surface area contributed by atoms with Crippen LogP contribution in [0.5, 0.6) is 0 Å². The van der Waals surface area contributed by atoms with Crippen molar-refractivity contribution in [2.24, 2.45) is 0 Å². The number of benzene rings is 1. The van der Waals surface area contributed by atoms with Gasteiger partial charge in [-0.1, -0.05) is 30.3 Å². The third kappa shape index (κ3) is 5.94. The number of amides is 3. The summed E-state index contributed by atoms with van der Waals surface area (Å²) in [7, 11) is 0. The quantitative estimate of drug-likeness (QED) is 0.554. The van der Waals surface area contributed by atoms with Crippen LogP contribution in [0, 0.1) is 0 Å². The van der Waals surface area contributed by atoms with E-state index in [2.05, 4.69) is 15.4 Å². The van der Waals surface area contributed by atoms with Crippen LogP contribution in [-0.2, 0) is 30.5 Å². The van der Waals surface area contributed by atoms with Crippen molar-refractivity contribution in [3.05, 3.63) is 35.9 Å². The standard InChI is InChI=1S/C21H27N3O7/c1-13(18(26)22-16-11-17(25)31-20(16)28)24-10-6-5-9-15(19(24)27)23-21(29)30-12-14-7-3-2-4-8-14/h2-4,7-8,13,15-16,20,28H,5-6,9-12H2,1H3,(H,22,26)(H,23,29)/t13-,15-,16-,20?/m0/s1. The van der Waals surface area contributed by atoms with E-state index in [-0.39, 0.29) is 18.9 Å². The second-order valence-corrected chi connectivity index (χ2v) is 7.66. The van der Waals surface area contributed by atoms with E-state index in [0.29, 0.717) is 25.8 Å². The molecule has 2 saturated heterocycles. The highest BCUT2D eigenvalue weighted by atomic mass is 16.6. The molecule has 1 aromatic carbocycles. The number of esters is 1. The van der Waals surface area contributed by atoms with E-state index in [0.717, 1.165) is 5.56 Å². The van der Waals surface area contributed by atoms with E-state index in [1.165, 1.54) is 4.90 Å². The van der Waals surface area contributed by atoms with Crippen molar-refractivity contribution >= 4 is 23.9 Å². The molecule has 31 heavy (non-hydrogen) atoms. The predicted molar refractivity (Wildman–Crippen MR) is 107 cm³/mol. The van der Waals surface area contributed by atoms with Crippen LogP contribution in [0.15, 0.2) is 30.3 Å². The average molecular weight is 433 g/mol. The minimum Gasteiger partial charge on any atom is -0.445 e. The predicted octanol–water partition coefficient (Wildman–Crippen LogP) is 0.433. The van der Waals surface area contributed by atoms with Crippen molar-refractivity contribution < 1.29 is 33.8 Å². The SMILES string of the molecule is C[C@@H](C(=O)N[C@H]1CC(=O)OC1O)N1CCCC[C@H](NC(=O)OCc2ccccc2)C1=O. The van der Waals surface area contributed by atoms with Crippen LogP contribution < -0.4 is 10.6 Å². The smallest absolute Gasteiger partial charge is 0.408 e. The third-order valence-electron chi connectivity index (χ3n) is 5.39. The maximum atomic E-state index is 13.0. The number of nitrogens with zero attached hydrogens (tertiary/aromatic N) is 1. The van der Waals surface area contributed by atoms with E-state index in [1.807, 2.05) is 30.3 Å². The van der Waals surface area contributed by atoms with Crippen LogP contribution in [0.2, 0.25) is 0 Å². The number of alkyl carbamates (subject to hydrolysis) is 1. The molecule has 168 valence electrons. The molecule has 1 aromatic rings. The van der Waals surface area contributed by atoms with Gasteiger partial charge >= 0.3 is 12.1 Å². The lowest BCUT2D eigenvalue weighted by Crippen LogP contribution is -2.55. The number of hydrogen-bond acceptors (Lipinski definition) is 7. The number of nitrogens with one attached hydrogen (secondary N) is 2. The molecule has 0 spiro atoms. The molecule has 3 rings (SSSR count). The van der Waals surface area contributed by atoms with Crippen LogP contribution in [0.4, 0.5) is 4.79 Å². The summed E-state index contributed by atoms with van der Waals surface area (Å²) < 4.78 is 9.82. The van der Waals surface area contributed by atoms with Gasteiger partial charge in [0, 0.05) is 6.54 Å². The molecule has 3 amide bonds. The van der Waals surface area contributed by atoms with Crippen molar-refractivity contribution in [1.82, 2.24) is 15.5 Å². The molecule has 0 radical (unpaired) electrons. The van der Waals surface area contributed by atoms with E-state index in [9.17, 15) is 24.3 Å². The highest BCUT2D eigenvalue weighted by molar-refractivity contribution is 5.91. The fourth-order valence-electron chi connectivity index (χ4n) is 3.60. The maximum Gasteiger partial charge on any atom is 0.408 e. The first-order chi connectivity index (χ1) is 14.8. The zero-order valence-corrected chi connectivity index (χ0v) is 17.3. The summed E-state index contributed by atoms with van der Waals surface area (Å²) >= 11 is 0. The van der Waals surface area contributed by atoms with E-state index < -0.39 is 42.4 Å². The summed E-state index contributed by atoms with van der Waals surface area (Å²) in [5, 5.41) is 14.8. The van der Waals surface area contributed by atoms with Crippen LogP contribution >= 0.6 is 0 Å². The fourth-order valence-corrected chi connectivity index (χ4v) is 3.60. The lowest BCUT2D eigenvalue weighted by molar-refractivity contribution is -0.155. The third-order valence-corrected chi connectivity index (χ3v) is 5.39. The van der Waals surface area contributed by atoms with Crippen molar-refractivity contribution in [3.63, 3.8) is 0 Å². The Balaban J connectivity index is 1.56. The number of carbonyl (C=O) groups excluding carboxylic acids is 4. The average Bonchev–Trinajstić information content (AvgIpc) is 2.96. The Labute approximate surface area is 179 Å². The minimum atomic E-state index is -1.41. The molecule has 2 fully saturated rings. The van der Waals surface area contributed by atoms with E-state index in [4.69, 9.17) is 4.74 Å². The molecule has 2 aliphatic heterocycles. The zero-order chi connectivity index (χ0) is 22.4. The largest absolute Gasteiger partial charge is 0.445 e. The molecular formula is C21H27N3O7. The van der Waals surface area contributed by atoms with Gasteiger partial charge in [0.15, 0.2) is 0 Å². The van der Waals surface area contributed by atoms with Crippen LogP contribution in [0.25, 0.3) is 0 Å². The summed E-state index contributed by atoms with van der Waals surface area (Å²) in [6, 6.07) is 6.67. The fraction of sp³-hybridized carbons (Fsp3) is 0.524. The van der Waals surface area contributed by atoms with Gasteiger partial charge in [0.2, 0.25) is 18.1 Å². The molecule has 0 aliphatic carbocycles. The Morgan fingerprint density at radius 1 is 1.23 bits per heavy atom. The molecular weight excluding hydrogens is 406 g/mol. The van der Waals surface area contributed by atoms with Crippen LogP contribution in [-0.4, -0.2) is 64.8 Å². The van der Waals surface area contributed by atoms with Crippen molar-refractivity contribution in [1.29, 1.82) is 0 Å². The van der Waals surface area contributed by atoms with E-state index >= 15 is 0 Å². The lowest BCUT2D eigenvalue weighted by Gasteiger charge is -2.30. The topological polar surface area (TPSA) is 134 Å². The first kappa shape index (κ1) is 22.5. The minimum absolute atomic E-state index is 0.0839.